The summed E-state index contributed by atoms with van der Waals surface area (Å²) in [5.74, 6) is -0.705. The molecule has 1 unspecified atom stereocenters. The van der Waals surface area contributed by atoms with Crippen LogP contribution in [0.2, 0.25) is 18.1 Å². The lowest BCUT2D eigenvalue weighted by atomic mass is 10.1. The molecule has 0 aromatic rings. The van der Waals surface area contributed by atoms with E-state index in [2.05, 4.69) is 38.3 Å². The average Bonchev–Trinajstić information content (AvgIpc) is 2.88. The Morgan fingerprint density at radius 1 is 1.08 bits per heavy atom. The topological polar surface area (TPSA) is 66.3 Å². The van der Waals surface area contributed by atoms with Crippen molar-refractivity contribution in [2.24, 2.45) is 4.40 Å². The minimum atomic E-state index is -2.05. The standard InChI is InChI=1S/C18H35NO5SSi/c1-16(2,3)25(20)19-11-12-13-14(23-18(7,8)22-13)15(21-12)24-26(9,10)17(4,5)6/h11-15H,1-10H3/b19-11+/t12-,13+,14+,15-,25?/m1/s1. The molecule has 26 heavy (non-hydrogen) atoms. The number of rotatable bonds is 4. The van der Waals surface area contributed by atoms with Crippen molar-refractivity contribution in [3.63, 3.8) is 0 Å². The van der Waals surface area contributed by atoms with Crippen molar-refractivity contribution in [2.75, 3.05) is 0 Å². The molecule has 0 aromatic heterocycles. The molecule has 2 saturated heterocycles. The van der Waals surface area contributed by atoms with Crippen LogP contribution >= 0.6 is 0 Å². The van der Waals surface area contributed by atoms with Gasteiger partial charge in [0.2, 0.25) is 0 Å². The average molecular weight is 406 g/mol. The van der Waals surface area contributed by atoms with E-state index in [1.807, 2.05) is 34.6 Å². The summed E-state index contributed by atoms with van der Waals surface area (Å²) in [6, 6.07) is 0. The van der Waals surface area contributed by atoms with Gasteiger partial charge in [0.1, 0.15) is 29.3 Å². The molecule has 2 fully saturated rings. The third kappa shape index (κ3) is 4.83. The van der Waals surface area contributed by atoms with Crippen molar-refractivity contribution in [3.8, 4) is 0 Å². The van der Waals surface area contributed by atoms with Crippen LogP contribution in [-0.2, 0) is 29.6 Å². The van der Waals surface area contributed by atoms with Crippen molar-refractivity contribution in [3.05, 3.63) is 0 Å². The highest BCUT2D eigenvalue weighted by molar-refractivity contribution is 7.85. The van der Waals surface area contributed by atoms with Gasteiger partial charge in [0.05, 0.1) is 4.75 Å². The molecule has 152 valence electrons. The Bertz CT molecular complexity index is 579. The highest BCUT2D eigenvalue weighted by Gasteiger charge is 2.57. The van der Waals surface area contributed by atoms with E-state index in [9.17, 15) is 4.21 Å². The Hall–Kier alpha value is -0.123. The zero-order chi connectivity index (χ0) is 20.1. The van der Waals surface area contributed by atoms with Gasteiger partial charge in [-0.1, -0.05) is 20.8 Å². The van der Waals surface area contributed by atoms with Crippen LogP contribution in [0.1, 0.15) is 55.4 Å². The molecule has 0 radical (unpaired) electrons. The zero-order valence-electron chi connectivity index (χ0n) is 17.8. The van der Waals surface area contributed by atoms with Gasteiger partial charge < -0.3 is 18.6 Å². The first-order valence-corrected chi connectivity index (χ1v) is 13.2. The molecule has 0 bridgehead atoms. The van der Waals surface area contributed by atoms with E-state index < -0.39 is 42.2 Å². The third-order valence-electron chi connectivity index (χ3n) is 5.09. The van der Waals surface area contributed by atoms with Crippen LogP contribution in [0.4, 0.5) is 0 Å². The van der Waals surface area contributed by atoms with Crippen LogP contribution in [0, 0.1) is 0 Å². The molecule has 6 nitrogen and oxygen atoms in total. The second-order valence-electron chi connectivity index (χ2n) is 10.0. The smallest absolute Gasteiger partial charge is 0.195 e. The van der Waals surface area contributed by atoms with Gasteiger partial charge in [0, 0.05) is 6.21 Å². The largest absolute Gasteiger partial charge is 0.390 e. The summed E-state index contributed by atoms with van der Waals surface area (Å²) >= 11 is 0. The predicted octanol–water partition coefficient (Wildman–Crippen LogP) is 3.79. The Balaban J connectivity index is 2.20. The Morgan fingerprint density at radius 2 is 1.62 bits per heavy atom. The molecule has 0 aromatic carbocycles. The first-order valence-electron chi connectivity index (χ1n) is 9.19. The quantitative estimate of drug-likeness (QED) is 0.526. The van der Waals surface area contributed by atoms with Gasteiger partial charge in [0.25, 0.3) is 0 Å². The fourth-order valence-corrected chi connectivity index (χ4v) is 4.22. The van der Waals surface area contributed by atoms with Gasteiger partial charge in [-0.3, -0.25) is 0 Å². The number of ether oxygens (including phenoxy) is 3. The van der Waals surface area contributed by atoms with Gasteiger partial charge in [-0.15, -0.1) is 0 Å². The number of nitrogens with zero attached hydrogens (tertiary/aromatic N) is 1. The normalized spacial score (nSPS) is 33.6. The summed E-state index contributed by atoms with van der Waals surface area (Å²) in [7, 11) is -3.39. The minimum Gasteiger partial charge on any atom is -0.390 e. The predicted molar refractivity (Wildman–Crippen MR) is 107 cm³/mol. The Morgan fingerprint density at radius 3 is 2.12 bits per heavy atom. The van der Waals surface area contributed by atoms with Crippen LogP contribution in [0.3, 0.4) is 0 Å². The summed E-state index contributed by atoms with van der Waals surface area (Å²) < 4.78 is 40.7. The molecule has 0 saturated carbocycles. The maximum absolute atomic E-state index is 12.2. The van der Waals surface area contributed by atoms with Crippen LogP contribution < -0.4 is 0 Å². The van der Waals surface area contributed by atoms with Crippen molar-refractivity contribution in [1.82, 2.24) is 0 Å². The lowest BCUT2D eigenvalue weighted by Crippen LogP contribution is -2.47. The second-order valence-corrected chi connectivity index (χ2v) is 16.7. The molecule has 2 heterocycles. The molecule has 8 heteroatoms. The molecular weight excluding hydrogens is 370 g/mol. The lowest BCUT2D eigenvalue weighted by molar-refractivity contribution is -0.207. The van der Waals surface area contributed by atoms with Gasteiger partial charge in [-0.25, -0.2) is 4.21 Å². The maximum Gasteiger partial charge on any atom is 0.195 e. The summed E-state index contributed by atoms with van der Waals surface area (Å²) in [5, 5.41) is 0.0563. The zero-order valence-corrected chi connectivity index (χ0v) is 19.6. The van der Waals surface area contributed by atoms with E-state index in [1.165, 1.54) is 0 Å². The summed E-state index contributed by atoms with van der Waals surface area (Å²) in [4.78, 5) is 0. The SMILES string of the molecule is CC1(C)O[C@@H]2[C@@H](O[Si](C)(C)C(C)(C)C)O[C@H](/C=N/S(=O)C(C)(C)C)[C@@H]2O1. The lowest BCUT2D eigenvalue weighted by Gasteiger charge is -2.39. The Kier molecular flexibility index (Phi) is 6.00. The molecule has 2 rings (SSSR count). The van der Waals surface area contributed by atoms with Crippen LogP contribution in [0.15, 0.2) is 4.40 Å². The molecule has 0 spiro atoms. The van der Waals surface area contributed by atoms with Crippen LogP contribution in [0.25, 0.3) is 0 Å². The second kappa shape index (κ2) is 7.04. The van der Waals surface area contributed by atoms with Crippen molar-refractivity contribution >= 4 is 25.5 Å². The molecule has 2 aliphatic heterocycles. The first kappa shape index (κ1) is 22.2. The fraction of sp³-hybridized carbons (Fsp3) is 0.944. The monoisotopic (exact) mass is 405 g/mol. The van der Waals surface area contributed by atoms with E-state index in [-0.39, 0.29) is 17.2 Å². The van der Waals surface area contributed by atoms with Gasteiger partial charge in [0.15, 0.2) is 20.4 Å². The van der Waals surface area contributed by atoms with E-state index in [4.69, 9.17) is 18.6 Å². The molecular formula is C18H35NO5SSi. The van der Waals surface area contributed by atoms with E-state index in [1.54, 1.807) is 6.21 Å². The van der Waals surface area contributed by atoms with Crippen molar-refractivity contribution < 1.29 is 22.8 Å². The van der Waals surface area contributed by atoms with Crippen molar-refractivity contribution in [2.45, 2.75) is 109 Å². The summed E-state index contributed by atoms with van der Waals surface area (Å²) in [5.41, 5.74) is 0. The molecule has 0 N–H and O–H groups in total. The van der Waals surface area contributed by atoms with E-state index in [0.29, 0.717) is 0 Å². The number of fused-ring (bicyclic) bond motifs is 1. The molecule has 0 aliphatic carbocycles. The molecule has 2 aliphatic rings. The first-order chi connectivity index (χ1) is 11.5. The summed E-state index contributed by atoms with van der Waals surface area (Å²) in [6.45, 7) is 20.4. The highest BCUT2D eigenvalue weighted by atomic mass is 32.2. The van der Waals surface area contributed by atoms with Crippen LogP contribution in [-0.4, -0.2) is 53.9 Å². The number of hydrogen-bond donors (Lipinski definition) is 0. The third-order valence-corrected chi connectivity index (χ3v) is 10.9. The van der Waals surface area contributed by atoms with Gasteiger partial charge in [-0.2, -0.15) is 4.40 Å². The highest BCUT2D eigenvalue weighted by Crippen LogP contribution is 2.43. The summed E-state index contributed by atoms with van der Waals surface area (Å²) in [6.07, 6.45) is 0.00266. The fourth-order valence-electron chi connectivity index (χ4n) is 2.55. The van der Waals surface area contributed by atoms with Crippen LogP contribution in [0.5, 0.6) is 0 Å². The Labute approximate surface area is 161 Å². The molecule has 0 amide bonds. The minimum absolute atomic E-state index is 0.0563. The molecule has 5 atom stereocenters. The van der Waals surface area contributed by atoms with Gasteiger partial charge >= 0.3 is 0 Å². The van der Waals surface area contributed by atoms with Crippen molar-refractivity contribution in [1.29, 1.82) is 0 Å². The van der Waals surface area contributed by atoms with Gasteiger partial charge in [-0.05, 0) is 52.8 Å². The number of hydrogen-bond acceptors (Lipinski definition) is 5. The maximum atomic E-state index is 12.2. The van der Waals surface area contributed by atoms with E-state index >= 15 is 0 Å². The van der Waals surface area contributed by atoms with E-state index in [0.717, 1.165) is 0 Å².